The van der Waals surface area contributed by atoms with Gasteiger partial charge in [0.15, 0.2) is 5.78 Å². The molecule has 19 heavy (non-hydrogen) atoms. The normalized spacial score (nSPS) is 10.5. The van der Waals surface area contributed by atoms with Crippen LogP contribution in [-0.2, 0) is 0 Å². The summed E-state index contributed by atoms with van der Waals surface area (Å²) in [5.41, 5.74) is 0.523. The van der Waals surface area contributed by atoms with Crippen LogP contribution in [0.3, 0.4) is 0 Å². The lowest BCUT2D eigenvalue weighted by atomic mass is 10.1. The van der Waals surface area contributed by atoms with E-state index in [4.69, 9.17) is 20.8 Å². The highest BCUT2D eigenvalue weighted by Crippen LogP contribution is 2.26. The Kier molecular flexibility index (Phi) is 4.44. The topological polar surface area (TPSA) is 65.2 Å². The second-order valence-corrected chi connectivity index (χ2v) is 4.98. The van der Waals surface area contributed by atoms with Crippen LogP contribution in [0.15, 0.2) is 27.8 Å². The Morgan fingerprint density at radius 2 is 2.26 bits per heavy atom. The van der Waals surface area contributed by atoms with Gasteiger partial charge in [0, 0.05) is 12.5 Å². The SMILES string of the molecule is COc1ccc(C(=O)CSc2nnc(C)o2)cc1Cl. The Labute approximate surface area is 119 Å². The Hall–Kier alpha value is -1.53. The standard InChI is InChI=1S/C12H11ClN2O3S/c1-7-14-15-12(18-7)19-6-10(16)8-3-4-11(17-2)9(13)5-8/h3-5H,6H2,1-2H3. The van der Waals surface area contributed by atoms with E-state index in [0.717, 1.165) is 0 Å². The zero-order chi connectivity index (χ0) is 13.8. The predicted molar refractivity (Wildman–Crippen MR) is 72.1 cm³/mol. The van der Waals surface area contributed by atoms with Crippen LogP contribution in [0.4, 0.5) is 0 Å². The van der Waals surface area contributed by atoms with E-state index in [0.29, 0.717) is 27.4 Å². The van der Waals surface area contributed by atoms with E-state index in [1.54, 1.807) is 25.1 Å². The summed E-state index contributed by atoms with van der Waals surface area (Å²) in [4.78, 5) is 12.0. The van der Waals surface area contributed by atoms with Gasteiger partial charge in [-0.2, -0.15) is 0 Å². The van der Waals surface area contributed by atoms with Crippen molar-refractivity contribution in [2.75, 3.05) is 12.9 Å². The molecular formula is C12H11ClN2O3S. The van der Waals surface area contributed by atoms with Gasteiger partial charge in [-0.3, -0.25) is 4.79 Å². The number of ether oxygens (including phenoxy) is 1. The van der Waals surface area contributed by atoms with Crippen LogP contribution in [-0.4, -0.2) is 28.8 Å². The summed E-state index contributed by atoms with van der Waals surface area (Å²) < 4.78 is 10.2. The maximum atomic E-state index is 12.0. The van der Waals surface area contributed by atoms with Gasteiger partial charge >= 0.3 is 0 Å². The molecule has 1 aromatic heterocycles. The molecule has 0 bridgehead atoms. The molecule has 1 aromatic carbocycles. The molecule has 0 radical (unpaired) electrons. The van der Waals surface area contributed by atoms with E-state index in [2.05, 4.69) is 10.2 Å². The van der Waals surface area contributed by atoms with Crippen LogP contribution in [0.5, 0.6) is 5.75 Å². The molecule has 2 aromatic rings. The highest BCUT2D eigenvalue weighted by molar-refractivity contribution is 7.99. The largest absolute Gasteiger partial charge is 0.495 e. The molecule has 0 N–H and O–H groups in total. The number of hydrogen-bond donors (Lipinski definition) is 0. The molecule has 0 fully saturated rings. The first-order valence-electron chi connectivity index (χ1n) is 5.40. The van der Waals surface area contributed by atoms with Crippen molar-refractivity contribution in [1.82, 2.24) is 10.2 Å². The fourth-order valence-corrected chi connectivity index (χ4v) is 2.34. The first kappa shape index (κ1) is 13.9. The number of thioether (sulfide) groups is 1. The van der Waals surface area contributed by atoms with Gasteiger partial charge in [0.25, 0.3) is 5.22 Å². The Bertz CT molecular complexity index is 600. The number of carbonyl (C=O) groups excluding carboxylic acids is 1. The smallest absolute Gasteiger partial charge is 0.277 e. The minimum atomic E-state index is -0.0644. The van der Waals surface area contributed by atoms with E-state index in [9.17, 15) is 4.79 Å². The van der Waals surface area contributed by atoms with Crippen molar-refractivity contribution in [3.63, 3.8) is 0 Å². The molecule has 2 rings (SSSR count). The molecule has 0 aliphatic heterocycles. The van der Waals surface area contributed by atoms with Crippen LogP contribution < -0.4 is 4.74 Å². The fraction of sp³-hybridized carbons (Fsp3) is 0.250. The summed E-state index contributed by atoms with van der Waals surface area (Å²) in [6, 6.07) is 4.92. The minimum absolute atomic E-state index is 0.0644. The maximum Gasteiger partial charge on any atom is 0.277 e. The van der Waals surface area contributed by atoms with Crippen molar-refractivity contribution in [2.45, 2.75) is 12.1 Å². The zero-order valence-electron chi connectivity index (χ0n) is 10.3. The number of rotatable bonds is 5. The average Bonchev–Trinajstić information content (AvgIpc) is 2.81. The summed E-state index contributed by atoms with van der Waals surface area (Å²) >= 11 is 7.17. The van der Waals surface area contributed by atoms with E-state index in [1.807, 2.05) is 0 Å². The van der Waals surface area contributed by atoms with Crippen molar-refractivity contribution in [3.8, 4) is 5.75 Å². The lowest BCUT2D eigenvalue weighted by Gasteiger charge is -2.04. The van der Waals surface area contributed by atoms with Crippen LogP contribution in [0.2, 0.25) is 5.02 Å². The second-order valence-electron chi connectivity index (χ2n) is 3.65. The van der Waals surface area contributed by atoms with Gasteiger partial charge in [-0.1, -0.05) is 23.4 Å². The van der Waals surface area contributed by atoms with E-state index >= 15 is 0 Å². The van der Waals surface area contributed by atoms with Gasteiger partial charge in [0.2, 0.25) is 5.89 Å². The first-order chi connectivity index (χ1) is 9.10. The number of aryl methyl sites for hydroxylation is 1. The van der Waals surface area contributed by atoms with Crippen molar-refractivity contribution < 1.29 is 13.9 Å². The predicted octanol–water partition coefficient (Wildman–Crippen LogP) is 3.02. The highest BCUT2D eigenvalue weighted by atomic mass is 35.5. The van der Waals surface area contributed by atoms with Gasteiger partial charge in [-0.25, -0.2) is 0 Å². The summed E-state index contributed by atoms with van der Waals surface area (Å²) in [5, 5.41) is 8.28. The van der Waals surface area contributed by atoms with E-state index < -0.39 is 0 Å². The summed E-state index contributed by atoms with van der Waals surface area (Å²) in [6.07, 6.45) is 0. The number of methoxy groups -OCH3 is 1. The summed E-state index contributed by atoms with van der Waals surface area (Å²) in [7, 11) is 1.52. The number of aromatic nitrogens is 2. The maximum absolute atomic E-state index is 12.0. The van der Waals surface area contributed by atoms with Crippen molar-refractivity contribution in [1.29, 1.82) is 0 Å². The molecule has 0 saturated carbocycles. The van der Waals surface area contributed by atoms with Gasteiger partial charge < -0.3 is 9.15 Å². The van der Waals surface area contributed by atoms with Crippen molar-refractivity contribution in [3.05, 3.63) is 34.7 Å². The number of halogens is 1. The van der Waals surface area contributed by atoms with Gasteiger partial charge in [0.05, 0.1) is 17.9 Å². The third-order valence-corrected chi connectivity index (χ3v) is 3.42. The van der Waals surface area contributed by atoms with Crippen LogP contribution in [0.1, 0.15) is 16.2 Å². The Balaban J connectivity index is 2.01. The van der Waals surface area contributed by atoms with E-state index in [1.165, 1.54) is 18.9 Å². The Morgan fingerprint density at radius 1 is 1.47 bits per heavy atom. The third-order valence-electron chi connectivity index (χ3n) is 2.31. The molecule has 7 heteroatoms. The molecule has 0 aliphatic rings. The van der Waals surface area contributed by atoms with Crippen LogP contribution in [0.25, 0.3) is 0 Å². The molecule has 100 valence electrons. The molecule has 5 nitrogen and oxygen atoms in total. The highest BCUT2D eigenvalue weighted by Gasteiger charge is 2.12. The van der Waals surface area contributed by atoms with Gasteiger partial charge in [-0.05, 0) is 18.2 Å². The van der Waals surface area contributed by atoms with Gasteiger partial charge in [0.1, 0.15) is 5.75 Å². The minimum Gasteiger partial charge on any atom is -0.495 e. The lowest BCUT2D eigenvalue weighted by Crippen LogP contribution is -2.02. The Morgan fingerprint density at radius 3 is 2.84 bits per heavy atom. The van der Waals surface area contributed by atoms with Crippen molar-refractivity contribution in [2.24, 2.45) is 0 Å². The number of Topliss-reactive ketones (excluding diaryl/α,β-unsaturated/α-hetero) is 1. The van der Waals surface area contributed by atoms with Gasteiger partial charge in [-0.15, -0.1) is 10.2 Å². The fourth-order valence-electron chi connectivity index (χ4n) is 1.39. The first-order valence-corrected chi connectivity index (χ1v) is 6.76. The van der Waals surface area contributed by atoms with Crippen LogP contribution in [0, 0.1) is 6.92 Å². The van der Waals surface area contributed by atoms with Crippen molar-refractivity contribution >= 4 is 29.1 Å². The number of hydrogen-bond acceptors (Lipinski definition) is 6. The molecule has 0 aliphatic carbocycles. The average molecular weight is 299 g/mol. The van der Waals surface area contributed by atoms with Crippen LogP contribution >= 0.6 is 23.4 Å². The molecular weight excluding hydrogens is 288 g/mol. The number of carbonyl (C=O) groups is 1. The second kappa shape index (κ2) is 6.08. The zero-order valence-corrected chi connectivity index (χ0v) is 11.9. The molecule has 0 spiro atoms. The summed E-state index contributed by atoms with van der Waals surface area (Å²) in [5.74, 6) is 1.16. The lowest BCUT2D eigenvalue weighted by molar-refractivity contribution is 0.102. The summed E-state index contributed by atoms with van der Waals surface area (Å²) in [6.45, 7) is 1.70. The molecule has 0 amide bonds. The molecule has 0 saturated heterocycles. The third kappa shape index (κ3) is 3.48. The molecule has 1 heterocycles. The molecule has 0 atom stereocenters. The van der Waals surface area contributed by atoms with E-state index in [-0.39, 0.29) is 11.5 Å². The number of nitrogens with zero attached hydrogens (tertiary/aromatic N) is 2. The number of benzene rings is 1. The quantitative estimate of drug-likeness (QED) is 0.624. The number of ketones is 1. The monoisotopic (exact) mass is 298 g/mol. The molecule has 0 unspecified atom stereocenters.